The van der Waals surface area contributed by atoms with Crippen LogP contribution in [0.4, 0.5) is 0 Å². The van der Waals surface area contributed by atoms with Gasteiger partial charge in [0.25, 0.3) is 0 Å². The molecule has 1 rings (SSSR count). The van der Waals surface area contributed by atoms with Gasteiger partial charge in [0.1, 0.15) is 0 Å². The number of halogens is 1. The van der Waals surface area contributed by atoms with Gasteiger partial charge < -0.3 is 14.5 Å². The van der Waals surface area contributed by atoms with Gasteiger partial charge in [0.2, 0.25) is 0 Å². The van der Waals surface area contributed by atoms with E-state index in [0.717, 1.165) is 0 Å². The van der Waals surface area contributed by atoms with Crippen LogP contribution in [0.1, 0.15) is 5.56 Å². The zero-order valence-corrected chi connectivity index (χ0v) is 16.5. The number of phenolic OH excluding ortho intramolecular Hbond substituents is 1. The normalized spacial score (nSPS) is 10.9. The van der Waals surface area contributed by atoms with Gasteiger partial charge in [0, 0.05) is 15.4 Å². The van der Waals surface area contributed by atoms with Crippen LogP contribution in [0.5, 0.6) is 11.5 Å². The van der Waals surface area contributed by atoms with Crippen molar-refractivity contribution in [3.8, 4) is 11.5 Å². The molecule has 20 heavy (non-hydrogen) atoms. The molecule has 108 valence electrons. The van der Waals surface area contributed by atoms with E-state index in [2.05, 4.69) is 9.37 Å². The van der Waals surface area contributed by atoms with Gasteiger partial charge in [-0.25, -0.2) is 0 Å². The van der Waals surface area contributed by atoms with Gasteiger partial charge >= 0.3 is 39.7 Å². The minimum Gasteiger partial charge on any atom is -0.691 e. The first kappa shape index (κ1) is 20.7. The molecule has 0 unspecified atom stereocenters. The average Bonchev–Trinajstić information content (AvgIpc) is 2.31. The third kappa shape index (κ3) is 6.66. The van der Waals surface area contributed by atoms with Crippen LogP contribution in [0, 0.1) is 6.92 Å². The third-order valence-corrected chi connectivity index (χ3v) is 5.10. The van der Waals surface area contributed by atoms with E-state index in [9.17, 15) is 18.8 Å². The van der Waals surface area contributed by atoms with Gasteiger partial charge in [-0.05, 0) is 18.6 Å². The Labute approximate surface area is 156 Å². The minimum absolute atomic E-state index is 0. The first-order chi connectivity index (χ1) is 8.89. The Morgan fingerprint density at radius 1 is 1.45 bits per heavy atom. The number of aryl methyl sites for hydroxylation is 1. The Hall–Kier alpha value is 0.730. The number of alkyl halides is 1. The maximum atomic E-state index is 11.5. The van der Waals surface area contributed by atoms with Crippen molar-refractivity contribution in [1.29, 1.82) is 0 Å². The number of hydrogen-bond acceptors (Lipinski definition) is 8. The molecule has 0 radical (unpaired) electrons. The van der Waals surface area contributed by atoms with Crippen LogP contribution >= 0.6 is 34.6 Å². The fourth-order valence-corrected chi connectivity index (χ4v) is 3.88. The van der Waals surface area contributed by atoms with Crippen molar-refractivity contribution >= 4 is 44.8 Å². The van der Waals surface area contributed by atoms with Crippen molar-refractivity contribution in [2.45, 2.75) is 11.8 Å². The first-order valence-electron chi connectivity index (χ1n) is 4.84. The number of benzene rings is 1. The van der Waals surface area contributed by atoms with E-state index in [0.29, 0.717) is 26.9 Å². The summed E-state index contributed by atoms with van der Waals surface area (Å²) >= 11 is 2.50. The van der Waals surface area contributed by atoms with E-state index in [1.54, 1.807) is 6.92 Å². The molecule has 0 aliphatic heterocycles. The largest absolute Gasteiger partial charge is 1.00 e. The maximum absolute atomic E-state index is 11.5. The molecule has 7 nitrogen and oxygen atoms in total. The number of rotatable bonds is 7. The number of hydrogen-bond donors (Lipinski definition) is 1. The third-order valence-electron chi connectivity index (χ3n) is 1.95. The van der Waals surface area contributed by atoms with Crippen LogP contribution in [-0.2, 0) is 19.5 Å². The monoisotopic (exact) mass is 444 g/mol. The van der Waals surface area contributed by atoms with Crippen LogP contribution < -0.4 is 39.0 Å². The molecule has 0 saturated heterocycles. The maximum Gasteiger partial charge on any atom is 1.00 e. The second-order valence-corrected chi connectivity index (χ2v) is 6.85. The van der Waals surface area contributed by atoms with Crippen LogP contribution in [0.25, 0.3) is 0 Å². The average molecular weight is 444 g/mol. The molecule has 0 aromatic heterocycles. The Morgan fingerprint density at radius 3 is 2.65 bits per heavy atom. The predicted molar refractivity (Wildman–Crippen MR) is 74.2 cm³/mol. The summed E-state index contributed by atoms with van der Waals surface area (Å²) in [5, 5.41) is 22.6. The molecule has 0 bridgehead atoms. The summed E-state index contributed by atoms with van der Waals surface area (Å²) in [7, 11) is -3.73. The summed E-state index contributed by atoms with van der Waals surface area (Å²) in [5.41, 5.74) is 0.555. The Balaban J connectivity index is 0.00000361. The summed E-state index contributed by atoms with van der Waals surface area (Å²) in [4.78, 5) is 0.395. The quantitative estimate of drug-likeness (QED) is 0.0988. The van der Waals surface area contributed by atoms with E-state index in [1.807, 2.05) is 22.6 Å². The van der Waals surface area contributed by atoms with Crippen molar-refractivity contribution in [2.24, 2.45) is 0 Å². The van der Waals surface area contributed by atoms with Crippen LogP contribution in [0.15, 0.2) is 17.0 Å². The van der Waals surface area contributed by atoms with Crippen molar-refractivity contribution in [2.75, 3.05) is 10.2 Å². The molecule has 1 N–H and O–H groups in total. The van der Waals surface area contributed by atoms with E-state index < -0.39 is 10.1 Å². The van der Waals surface area contributed by atoms with Crippen LogP contribution in [-0.4, -0.2) is 23.7 Å². The van der Waals surface area contributed by atoms with Crippen molar-refractivity contribution in [3.63, 3.8) is 0 Å². The fourth-order valence-electron chi connectivity index (χ4n) is 1.13. The zero-order valence-electron chi connectivity index (χ0n) is 10.7. The molecular weight excluding hydrogens is 434 g/mol. The molecule has 0 amide bonds. The topological polar surface area (TPSA) is 105 Å². The number of aromatic hydroxyl groups is 1. The zero-order chi connectivity index (χ0) is 14.5. The van der Waals surface area contributed by atoms with Gasteiger partial charge in [-0.15, -0.1) is 0 Å². The van der Waals surface area contributed by atoms with Gasteiger partial charge in [-0.1, -0.05) is 22.6 Å². The Kier molecular flexibility index (Phi) is 10.0. The Bertz CT molecular complexity index is 537. The molecule has 0 heterocycles. The molecule has 0 atom stereocenters. The molecule has 1 aromatic carbocycles. The van der Waals surface area contributed by atoms with Crippen LogP contribution in [0.3, 0.4) is 0 Å². The summed E-state index contributed by atoms with van der Waals surface area (Å²) in [5.74, 6) is -0.704. The molecular formula is C9H10INaO7S2. The SMILES string of the molecule is Cc1cc(OS(=O)(=O)CCI)c(O)cc1SOO[O-].[Na+]. The van der Waals surface area contributed by atoms with Crippen molar-refractivity contribution < 1.29 is 61.9 Å². The molecule has 0 saturated carbocycles. The summed E-state index contributed by atoms with van der Waals surface area (Å²) in [6.45, 7) is 1.63. The van der Waals surface area contributed by atoms with E-state index in [1.165, 1.54) is 12.1 Å². The van der Waals surface area contributed by atoms with E-state index in [4.69, 9.17) is 4.18 Å². The molecule has 0 aliphatic carbocycles. The van der Waals surface area contributed by atoms with Gasteiger partial charge in [0.15, 0.2) is 11.5 Å². The van der Waals surface area contributed by atoms with E-state index >= 15 is 0 Å². The molecule has 0 spiro atoms. The summed E-state index contributed by atoms with van der Waals surface area (Å²) < 4.78 is 32.3. The van der Waals surface area contributed by atoms with E-state index in [-0.39, 0.29) is 46.8 Å². The van der Waals surface area contributed by atoms with Gasteiger partial charge in [-0.3, -0.25) is 5.04 Å². The smallest absolute Gasteiger partial charge is 0.691 e. The molecule has 1 aromatic rings. The second kappa shape index (κ2) is 9.69. The summed E-state index contributed by atoms with van der Waals surface area (Å²) in [6.07, 6.45) is 0. The number of phenols is 1. The standard InChI is InChI=1S/C9H11IO7S2.Na/c1-6-4-8(15-19(13,14)3-2-10)7(11)5-9(6)18-17-16-12;/h4-5,11-12H,2-3H2,1H3;/q;+1/p-1. The summed E-state index contributed by atoms with van der Waals surface area (Å²) in [6, 6.07) is 2.55. The van der Waals surface area contributed by atoms with Gasteiger partial charge in [0.05, 0.1) is 17.8 Å². The van der Waals surface area contributed by atoms with Gasteiger partial charge in [-0.2, -0.15) is 12.8 Å². The molecule has 0 aliphatic rings. The predicted octanol–water partition coefficient (Wildman–Crippen LogP) is -1.92. The first-order valence-corrected chi connectivity index (χ1v) is 8.69. The fraction of sp³-hybridized carbons (Fsp3) is 0.333. The molecule has 0 fully saturated rings. The van der Waals surface area contributed by atoms with Crippen LogP contribution in [0.2, 0.25) is 0 Å². The molecule has 11 heteroatoms. The van der Waals surface area contributed by atoms with Crippen molar-refractivity contribution in [3.05, 3.63) is 17.7 Å². The van der Waals surface area contributed by atoms with Crippen molar-refractivity contribution in [1.82, 2.24) is 0 Å². The second-order valence-electron chi connectivity index (χ2n) is 3.34. The Morgan fingerprint density at radius 2 is 2.10 bits per heavy atom. The minimum atomic E-state index is -3.73.